The summed E-state index contributed by atoms with van der Waals surface area (Å²) in [5, 5.41) is 19.0. The second kappa shape index (κ2) is 12.7. The van der Waals surface area contributed by atoms with E-state index < -0.39 is 30.1 Å². The molecule has 214 valence electrons. The van der Waals surface area contributed by atoms with Crippen LogP contribution in [-0.2, 0) is 10.4 Å². The number of aromatic nitrogens is 3. The molecule has 1 heterocycles. The van der Waals surface area contributed by atoms with Crippen molar-refractivity contribution in [3.8, 4) is 5.75 Å². The van der Waals surface area contributed by atoms with Crippen LogP contribution in [0.2, 0.25) is 0 Å². The van der Waals surface area contributed by atoms with Crippen LogP contribution in [0.4, 0.5) is 43.4 Å². The highest BCUT2D eigenvalue weighted by molar-refractivity contribution is 6.02. The van der Waals surface area contributed by atoms with Crippen LogP contribution in [0.3, 0.4) is 0 Å². The van der Waals surface area contributed by atoms with Gasteiger partial charge in [-0.05, 0) is 46.1 Å². The number of methoxy groups -OCH3 is 1. The highest BCUT2D eigenvalue weighted by Gasteiger charge is 2.24. The Kier molecular flexibility index (Phi) is 8.20. The molecule has 0 aliphatic rings. The third kappa shape index (κ3) is 7.61. The normalized spacial score (nSPS) is 12.7. The maximum Gasteiger partial charge on any atom is 0.247 e. The van der Waals surface area contributed by atoms with E-state index in [1.807, 2.05) is 0 Å². The summed E-state index contributed by atoms with van der Waals surface area (Å²) in [6.07, 6.45) is 2.28. The molecule has 0 aliphatic carbocycles. The number of nitrogens with zero attached hydrogens (tertiary/aromatic N) is 5. The molecule has 1 amide bonds. The Hall–Kier alpha value is -4.36. The number of carbonyl (C=O) groups excluding carboxylic acids is 1. The number of benzene rings is 2. The van der Waals surface area contributed by atoms with Gasteiger partial charge < -0.3 is 35.6 Å². The second-order valence-electron chi connectivity index (χ2n) is 9.36. The monoisotopic (exact) mass is 559 g/mol. The summed E-state index contributed by atoms with van der Waals surface area (Å²) in [5.41, 5.74) is -0.145. The molecule has 13 heteroatoms. The number of likely N-dealkylation sites (N-methyl/N-ethyl adjacent to an activating group) is 2. The Labute approximate surface area is 236 Å². The number of anilines is 6. The van der Waals surface area contributed by atoms with Gasteiger partial charge in [0.25, 0.3) is 0 Å². The minimum Gasteiger partial charge on any atom is -0.494 e. The quantitative estimate of drug-likeness (QED) is 0.242. The maximum atomic E-state index is 14.0. The molecule has 0 spiro atoms. The Bertz CT molecular complexity index is 1490. The van der Waals surface area contributed by atoms with Gasteiger partial charge in [-0.25, -0.2) is 18.7 Å². The molecule has 4 N–H and O–H groups in total. The lowest BCUT2D eigenvalue weighted by Gasteiger charge is -2.26. The molecule has 0 atom stereocenters. The number of halogens is 2. The van der Waals surface area contributed by atoms with Crippen LogP contribution in [-0.4, -0.2) is 72.1 Å². The molecule has 0 saturated heterocycles. The van der Waals surface area contributed by atoms with Gasteiger partial charge in [0.05, 0.1) is 35.5 Å². The molecular weight excluding hydrogens is 522 g/mol. The van der Waals surface area contributed by atoms with Crippen LogP contribution >= 0.6 is 0 Å². The Morgan fingerprint density at radius 1 is 1.10 bits per heavy atom. The number of rotatable bonds is 12. The fraction of sp³-hybridized carbons (Fsp3) is 0.333. The van der Waals surface area contributed by atoms with Crippen molar-refractivity contribution < 1.29 is 27.5 Å². The molecule has 1 aromatic heterocycles. The van der Waals surface area contributed by atoms with Crippen molar-refractivity contribution >= 4 is 40.6 Å². The van der Waals surface area contributed by atoms with Crippen LogP contribution < -0.4 is 25.6 Å². The summed E-state index contributed by atoms with van der Waals surface area (Å²) < 4.78 is 56.2. The van der Waals surface area contributed by atoms with Crippen molar-refractivity contribution in [1.29, 1.82) is 0 Å². The van der Waals surface area contributed by atoms with E-state index in [1.54, 1.807) is 24.1 Å². The minimum atomic E-state index is -2.26. The number of ether oxygens (including phenoxy) is 1. The zero-order valence-electron chi connectivity index (χ0n) is 25.8. The Morgan fingerprint density at radius 3 is 2.35 bits per heavy atom. The van der Waals surface area contributed by atoms with Gasteiger partial charge >= 0.3 is 0 Å². The van der Waals surface area contributed by atoms with E-state index in [9.17, 15) is 18.7 Å². The summed E-state index contributed by atoms with van der Waals surface area (Å²) >= 11 is 0. The van der Waals surface area contributed by atoms with Crippen molar-refractivity contribution in [2.24, 2.45) is 0 Å². The van der Waals surface area contributed by atoms with Gasteiger partial charge in [0.15, 0.2) is 11.6 Å². The topological polar surface area (TPSA) is 128 Å². The van der Waals surface area contributed by atoms with Gasteiger partial charge in [0.1, 0.15) is 12.1 Å². The fourth-order valence-electron chi connectivity index (χ4n) is 3.67. The molecule has 40 heavy (non-hydrogen) atoms. The first-order valence-corrected chi connectivity index (χ1v) is 12.1. The van der Waals surface area contributed by atoms with E-state index >= 15 is 0 Å². The van der Waals surface area contributed by atoms with Gasteiger partial charge in [-0.15, -0.1) is 0 Å². The average molecular weight is 560 g/mol. The van der Waals surface area contributed by atoms with Crippen molar-refractivity contribution in [1.82, 2.24) is 19.9 Å². The first-order valence-electron chi connectivity index (χ1n) is 13.6. The van der Waals surface area contributed by atoms with Crippen LogP contribution in [0.15, 0.2) is 43.2 Å². The third-order valence-corrected chi connectivity index (χ3v) is 5.73. The lowest BCUT2D eigenvalue weighted by atomic mass is 9.96. The summed E-state index contributed by atoms with van der Waals surface area (Å²) in [6, 6.07) is 5.01. The van der Waals surface area contributed by atoms with Gasteiger partial charge in [-0.2, -0.15) is 4.98 Å². The zero-order chi connectivity index (χ0) is 32.1. The second-order valence-corrected chi connectivity index (χ2v) is 9.36. The standard InChI is InChI=1S/C27H34F2N8O3/c1-8-24(38)32-20-13-21(23(40-7)14-22(20)37(6)10-9-36(4)5)34-26-31-15-30-25(35-26)33-19-12-18(29)17(28)11-16(19)27(2,3)39/h8,11-15,39H,1,9-10H2,2-7H3,(H,32,38)(H2,30,31,33,34,35)/i4D3. The SMILES string of the molecule is [2H]C([2H])([2H])N(C)CCN(C)c1cc(OC)c(Nc2ncnc(Nc3cc(F)c(F)cc3C(C)(C)O)n2)cc1NC(=O)C=C. The fourth-order valence-corrected chi connectivity index (χ4v) is 3.67. The molecule has 0 radical (unpaired) electrons. The maximum absolute atomic E-state index is 14.0. The largest absolute Gasteiger partial charge is 0.494 e. The molecule has 3 aromatic rings. The number of hydrogen-bond donors (Lipinski definition) is 4. The van der Waals surface area contributed by atoms with Crippen molar-refractivity contribution in [3.05, 3.63) is 60.4 Å². The van der Waals surface area contributed by atoms with Gasteiger partial charge in [0.2, 0.25) is 17.8 Å². The summed E-state index contributed by atoms with van der Waals surface area (Å²) in [4.78, 5) is 27.7. The van der Waals surface area contributed by atoms with Gasteiger partial charge in [0, 0.05) is 41.9 Å². The number of nitrogens with one attached hydrogen (secondary N) is 3. The molecule has 0 aliphatic heterocycles. The molecule has 0 fully saturated rings. The number of aliphatic hydroxyl groups is 1. The molecule has 0 saturated carbocycles. The van der Waals surface area contributed by atoms with Crippen LogP contribution in [0.5, 0.6) is 5.75 Å². The smallest absolute Gasteiger partial charge is 0.247 e. The Morgan fingerprint density at radius 2 is 1.75 bits per heavy atom. The average Bonchev–Trinajstić information content (AvgIpc) is 2.92. The lowest BCUT2D eigenvalue weighted by molar-refractivity contribution is -0.111. The molecule has 0 unspecified atom stereocenters. The number of hydrogen-bond acceptors (Lipinski definition) is 10. The lowest BCUT2D eigenvalue weighted by Crippen LogP contribution is -2.29. The Balaban J connectivity index is 1.95. The molecule has 0 bridgehead atoms. The van der Waals surface area contributed by atoms with E-state index in [2.05, 4.69) is 37.5 Å². The predicted molar refractivity (Wildman–Crippen MR) is 152 cm³/mol. The van der Waals surface area contributed by atoms with Crippen molar-refractivity contribution in [2.75, 3.05) is 62.1 Å². The van der Waals surface area contributed by atoms with Crippen LogP contribution in [0.25, 0.3) is 0 Å². The predicted octanol–water partition coefficient (Wildman–Crippen LogP) is 4.00. The number of carbonyl (C=O) groups is 1. The molecule has 11 nitrogen and oxygen atoms in total. The van der Waals surface area contributed by atoms with Crippen molar-refractivity contribution in [2.45, 2.75) is 19.4 Å². The summed E-state index contributed by atoms with van der Waals surface area (Å²) in [5.74, 6) is -2.40. The van der Waals surface area contributed by atoms with E-state index in [1.165, 1.54) is 39.2 Å². The highest BCUT2D eigenvalue weighted by atomic mass is 19.2. The highest BCUT2D eigenvalue weighted by Crippen LogP contribution is 2.38. The van der Waals surface area contributed by atoms with E-state index in [0.29, 0.717) is 29.4 Å². The molecule has 3 rings (SSSR count). The molecular formula is C27H34F2N8O3. The van der Waals surface area contributed by atoms with Crippen LogP contribution in [0.1, 0.15) is 23.5 Å². The third-order valence-electron chi connectivity index (χ3n) is 5.73. The van der Waals surface area contributed by atoms with E-state index in [0.717, 1.165) is 18.2 Å². The van der Waals surface area contributed by atoms with E-state index in [4.69, 9.17) is 8.85 Å². The molecule has 2 aromatic carbocycles. The summed E-state index contributed by atoms with van der Waals surface area (Å²) in [6.45, 7) is 4.59. The van der Waals surface area contributed by atoms with Crippen molar-refractivity contribution in [3.63, 3.8) is 0 Å². The first-order chi connectivity index (χ1) is 20.0. The van der Waals surface area contributed by atoms with Gasteiger partial charge in [-0.1, -0.05) is 6.58 Å². The number of amides is 1. The zero-order valence-corrected chi connectivity index (χ0v) is 22.8. The van der Waals surface area contributed by atoms with Crippen LogP contribution in [0, 0.1) is 11.6 Å². The van der Waals surface area contributed by atoms with E-state index in [-0.39, 0.29) is 29.7 Å². The minimum absolute atomic E-state index is 0.0320. The summed E-state index contributed by atoms with van der Waals surface area (Å²) in [7, 11) is 4.67. The first kappa shape index (κ1) is 25.9. The van der Waals surface area contributed by atoms with Gasteiger partial charge in [-0.3, -0.25) is 4.79 Å².